The van der Waals surface area contributed by atoms with Crippen LogP contribution in [0.3, 0.4) is 0 Å². The third kappa shape index (κ3) is 3.06. The van der Waals surface area contributed by atoms with Gasteiger partial charge < -0.3 is 15.0 Å². The quantitative estimate of drug-likeness (QED) is 0.828. The second kappa shape index (κ2) is 5.82. The van der Waals surface area contributed by atoms with Gasteiger partial charge in [0.15, 0.2) is 0 Å². The highest BCUT2D eigenvalue weighted by molar-refractivity contribution is 5.34. The second-order valence-corrected chi connectivity index (χ2v) is 4.26. The largest absolute Gasteiger partial charge is 0.478 e. The molecule has 2 rings (SSSR count). The number of likely N-dealkylation sites (N-methyl/N-ethyl adjacent to an activating group) is 1. The zero-order valence-electron chi connectivity index (χ0n) is 10.5. The predicted molar refractivity (Wildman–Crippen MR) is 67.5 cm³/mol. The van der Waals surface area contributed by atoms with Gasteiger partial charge in [0, 0.05) is 31.4 Å². The summed E-state index contributed by atoms with van der Waals surface area (Å²) in [6.07, 6.45) is 3.89. The summed E-state index contributed by atoms with van der Waals surface area (Å²) in [7, 11) is 2.00. The van der Waals surface area contributed by atoms with Gasteiger partial charge >= 0.3 is 0 Å². The Hall–Kier alpha value is -1.36. The van der Waals surface area contributed by atoms with E-state index >= 15 is 0 Å². The highest BCUT2D eigenvalue weighted by atomic mass is 16.5. The van der Waals surface area contributed by atoms with E-state index in [1.54, 1.807) is 6.20 Å². The molecule has 1 fully saturated rings. The van der Waals surface area contributed by atoms with E-state index in [2.05, 4.69) is 27.1 Å². The Balaban J connectivity index is 2.01. The lowest BCUT2D eigenvalue weighted by Gasteiger charge is -2.16. The molecule has 2 heterocycles. The van der Waals surface area contributed by atoms with E-state index in [9.17, 15) is 0 Å². The average molecular weight is 236 g/mol. The van der Waals surface area contributed by atoms with E-state index in [1.807, 2.05) is 13.1 Å². The third-order valence-corrected chi connectivity index (χ3v) is 2.95. The van der Waals surface area contributed by atoms with Crippen LogP contribution in [0.15, 0.2) is 12.3 Å². The zero-order chi connectivity index (χ0) is 12.1. The van der Waals surface area contributed by atoms with Crippen molar-refractivity contribution < 1.29 is 4.74 Å². The maximum Gasteiger partial charge on any atom is 0.228 e. The second-order valence-electron chi connectivity index (χ2n) is 4.26. The van der Waals surface area contributed by atoms with Crippen molar-refractivity contribution in [2.75, 3.05) is 31.6 Å². The van der Waals surface area contributed by atoms with E-state index in [4.69, 9.17) is 4.74 Å². The van der Waals surface area contributed by atoms with Crippen molar-refractivity contribution >= 4 is 5.95 Å². The Morgan fingerprint density at radius 3 is 3.18 bits per heavy atom. The number of aromatic nitrogens is 2. The van der Waals surface area contributed by atoms with Crippen LogP contribution in [0.1, 0.15) is 19.8 Å². The van der Waals surface area contributed by atoms with Crippen LogP contribution in [0, 0.1) is 0 Å². The summed E-state index contributed by atoms with van der Waals surface area (Å²) in [5, 5.41) is 3.28. The lowest BCUT2D eigenvalue weighted by Crippen LogP contribution is -2.30. The monoisotopic (exact) mass is 236 g/mol. The Bertz CT molecular complexity index is 358. The van der Waals surface area contributed by atoms with Gasteiger partial charge in [-0.05, 0) is 19.9 Å². The summed E-state index contributed by atoms with van der Waals surface area (Å²) in [5.74, 6) is 1.45. The van der Waals surface area contributed by atoms with E-state index in [-0.39, 0.29) is 0 Å². The fraction of sp³-hybridized carbons (Fsp3) is 0.667. The highest BCUT2D eigenvalue weighted by Crippen LogP contribution is 2.18. The third-order valence-electron chi connectivity index (χ3n) is 2.95. The summed E-state index contributed by atoms with van der Waals surface area (Å²) in [6.45, 7) is 4.76. The van der Waals surface area contributed by atoms with Gasteiger partial charge in [0.05, 0.1) is 6.61 Å². The molecule has 17 heavy (non-hydrogen) atoms. The molecule has 0 radical (unpaired) electrons. The van der Waals surface area contributed by atoms with Crippen LogP contribution >= 0.6 is 0 Å². The number of nitrogens with zero attached hydrogens (tertiary/aromatic N) is 3. The molecule has 1 aliphatic rings. The predicted octanol–water partition coefficient (Wildman–Crippen LogP) is 1.06. The van der Waals surface area contributed by atoms with E-state index in [1.165, 1.54) is 0 Å². The minimum atomic E-state index is 0.541. The molecular weight excluding hydrogens is 216 g/mol. The molecule has 0 aliphatic carbocycles. The molecule has 94 valence electrons. The van der Waals surface area contributed by atoms with Gasteiger partial charge in [0.2, 0.25) is 11.8 Å². The lowest BCUT2D eigenvalue weighted by atomic mass is 10.3. The molecule has 0 spiro atoms. The van der Waals surface area contributed by atoms with Gasteiger partial charge in [-0.25, -0.2) is 4.98 Å². The normalized spacial score (nSPS) is 19.6. The summed E-state index contributed by atoms with van der Waals surface area (Å²) >= 11 is 0. The summed E-state index contributed by atoms with van der Waals surface area (Å²) < 4.78 is 5.52. The number of ether oxygens (including phenoxy) is 1. The summed E-state index contributed by atoms with van der Waals surface area (Å²) in [5.41, 5.74) is 0. The Morgan fingerprint density at radius 2 is 2.47 bits per heavy atom. The minimum absolute atomic E-state index is 0.541. The average Bonchev–Trinajstić information content (AvgIpc) is 2.85. The first-order valence-electron chi connectivity index (χ1n) is 6.21. The smallest absolute Gasteiger partial charge is 0.228 e. The summed E-state index contributed by atoms with van der Waals surface area (Å²) in [6, 6.07) is 2.35. The molecular formula is C12H20N4O. The van der Waals surface area contributed by atoms with Crippen LogP contribution in [0.5, 0.6) is 5.88 Å². The molecule has 1 atom stereocenters. The van der Waals surface area contributed by atoms with Crippen molar-refractivity contribution in [1.29, 1.82) is 0 Å². The molecule has 1 aliphatic heterocycles. The molecule has 1 N–H and O–H groups in total. The van der Waals surface area contributed by atoms with Crippen LogP contribution in [0.2, 0.25) is 0 Å². The first kappa shape index (κ1) is 12.1. The van der Waals surface area contributed by atoms with Gasteiger partial charge in [-0.15, -0.1) is 0 Å². The maximum absolute atomic E-state index is 5.52. The molecule has 0 aromatic carbocycles. The van der Waals surface area contributed by atoms with Crippen molar-refractivity contribution in [1.82, 2.24) is 15.3 Å². The zero-order valence-corrected chi connectivity index (χ0v) is 10.5. The molecule has 1 saturated heterocycles. The molecule has 1 aromatic rings. The number of hydrogen-bond acceptors (Lipinski definition) is 5. The van der Waals surface area contributed by atoms with Crippen LogP contribution in [0.25, 0.3) is 0 Å². The first-order valence-corrected chi connectivity index (χ1v) is 6.21. The fourth-order valence-electron chi connectivity index (χ4n) is 1.95. The first-order chi connectivity index (χ1) is 8.33. The van der Waals surface area contributed by atoms with Crippen molar-refractivity contribution in [3.05, 3.63) is 12.3 Å². The lowest BCUT2D eigenvalue weighted by molar-refractivity contribution is 0.305. The molecule has 5 nitrogen and oxygen atoms in total. The van der Waals surface area contributed by atoms with Crippen molar-refractivity contribution in [2.45, 2.75) is 25.8 Å². The van der Waals surface area contributed by atoms with Crippen LogP contribution in [0.4, 0.5) is 5.95 Å². The Morgan fingerprint density at radius 1 is 1.59 bits per heavy atom. The van der Waals surface area contributed by atoms with Gasteiger partial charge in [0.25, 0.3) is 0 Å². The minimum Gasteiger partial charge on any atom is -0.478 e. The number of rotatable bonds is 5. The molecule has 0 saturated carbocycles. The fourth-order valence-corrected chi connectivity index (χ4v) is 1.95. The number of nitrogens with one attached hydrogen (secondary N) is 1. The number of anilines is 1. The highest BCUT2D eigenvalue weighted by Gasteiger charge is 2.23. The van der Waals surface area contributed by atoms with Gasteiger partial charge in [-0.1, -0.05) is 6.92 Å². The van der Waals surface area contributed by atoms with Crippen LogP contribution < -0.4 is 15.0 Å². The van der Waals surface area contributed by atoms with E-state index < -0.39 is 0 Å². The molecule has 0 amide bonds. The maximum atomic E-state index is 5.52. The van der Waals surface area contributed by atoms with Crippen molar-refractivity contribution in [2.24, 2.45) is 0 Å². The van der Waals surface area contributed by atoms with E-state index in [0.717, 1.165) is 31.9 Å². The SMILES string of the molecule is CCCOc1ccnc(N2CCC(NC)C2)n1. The van der Waals surface area contributed by atoms with E-state index in [0.29, 0.717) is 18.5 Å². The molecule has 1 aromatic heterocycles. The summed E-state index contributed by atoms with van der Waals surface area (Å²) in [4.78, 5) is 10.9. The molecule has 0 bridgehead atoms. The Labute approximate surface area is 102 Å². The molecule has 1 unspecified atom stereocenters. The van der Waals surface area contributed by atoms with Crippen LogP contribution in [-0.4, -0.2) is 42.8 Å². The van der Waals surface area contributed by atoms with Crippen LogP contribution in [-0.2, 0) is 0 Å². The van der Waals surface area contributed by atoms with Gasteiger partial charge in [0.1, 0.15) is 0 Å². The number of hydrogen-bond donors (Lipinski definition) is 1. The van der Waals surface area contributed by atoms with Gasteiger partial charge in [-0.3, -0.25) is 0 Å². The van der Waals surface area contributed by atoms with Crippen molar-refractivity contribution in [3.8, 4) is 5.88 Å². The molecule has 5 heteroatoms. The van der Waals surface area contributed by atoms with Gasteiger partial charge in [-0.2, -0.15) is 4.98 Å². The Kier molecular flexibility index (Phi) is 4.14. The van der Waals surface area contributed by atoms with Crippen molar-refractivity contribution in [3.63, 3.8) is 0 Å². The standard InChI is InChI=1S/C12H20N4O/c1-3-8-17-11-4-6-14-12(15-11)16-7-5-10(9-16)13-2/h4,6,10,13H,3,5,7-9H2,1-2H3. The topological polar surface area (TPSA) is 50.3 Å².